The molecule has 144 valence electrons. The number of primary amides is 1. The molecule has 0 atom stereocenters. The third-order valence-electron chi connectivity index (χ3n) is 5.32. The molecular weight excluding hydrogens is 394 g/mol. The summed E-state index contributed by atoms with van der Waals surface area (Å²) in [6, 6.07) is 7.90. The summed E-state index contributed by atoms with van der Waals surface area (Å²) >= 11 is 1.51. The Hall–Kier alpha value is -2.63. The van der Waals surface area contributed by atoms with E-state index in [1.165, 1.54) is 11.3 Å². The fourth-order valence-corrected chi connectivity index (χ4v) is 6.17. The van der Waals surface area contributed by atoms with Gasteiger partial charge in [0, 0.05) is 16.5 Å². The summed E-state index contributed by atoms with van der Waals surface area (Å²) in [4.78, 5) is 16.2. The second-order valence-electron chi connectivity index (χ2n) is 7.12. The van der Waals surface area contributed by atoms with Crippen LogP contribution in [0.4, 0.5) is 0 Å². The van der Waals surface area contributed by atoms with E-state index in [-0.39, 0.29) is 17.4 Å². The van der Waals surface area contributed by atoms with E-state index in [1.807, 2.05) is 23.7 Å². The second kappa shape index (κ2) is 7.08. The van der Waals surface area contributed by atoms with Crippen LogP contribution in [-0.2, 0) is 16.3 Å². The van der Waals surface area contributed by atoms with Crippen LogP contribution in [0.1, 0.15) is 39.6 Å². The Labute approximate surface area is 166 Å². The second-order valence-corrected chi connectivity index (χ2v) is 10.4. The number of nitrogens with two attached hydrogens (primary N) is 1. The molecule has 0 bridgehead atoms. The zero-order valence-corrected chi connectivity index (χ0v) is 16.7. The predicted octanol–water partition coefficient (Wildman–Crippen LogP) is 3.35. The number of fused-ring (bicyclic) bond motifs is 1. The minimum atomic E-state index is -2.94. The van der Waals surface area contributed by atoms with Gasteiger partial charge in [-0.1, -0.05) is 0 Å². The van der Waals surface area contributed by atoms with Crippen LogP contribution in [-0.4, -0.2) is 30.8 Å². The van der Waals surface area contributed by atoms with Crippen molar-refractivity contribution in [1.82, 2.24) is 4.98 Å². The van der Waals surface area contributed by atoms with E-state index >= 15 is 0 Å². The van der Waals surface area contributed by atoms with Crippen molar-refractivity contribution >= 4 is 38.0 Å². The average molecular weight is 414 g/mol. The number of benzene rings is 1. The lowest BCUT2D eigenvalue weighted by Gasteiger charge is -2.21. The Morgan fingerprint density at radius 3 is 2.68 bits per heavy atom. The number of rotatable bonds is 4. The number of carbonyl (C=O) groups is 1. The highest BCUT2D eigenvalue weighted by atomic mass is 32.2. The molecule has 3 aromatic rings. The Bertz CT molecular complexity index is 1200. The zero-order valence-electron chi connectivity index (χ0n) is 15.1. The van der Waals surface area contributed by atoms with Crippen LogP contribution in [0.2, 0.25) is 0 Å². The Morgan fingerprint density at radius 1 is 1.25 bits per heavy atom. The van der Waals surface area contributed by atoms with E-state index in [2.05, 4.69) is 11.1 Å². The maximum atomic E-state index is 12.1. The Morgan fingerprint density at radius 2 is 2.00 bits per heavy atom. The Balaban J connectivity index is 1.82. The van der Waals surface area contributed by atoms with Crippen LogP contribution in [0.3, 0.4) is 0 Å². The zero-order chi connectivity index (χ0) is 19.9. The van der Waals surface area contributed by atoms with Crippen molar-refractivity contribution in [1.29, 1.82) is 5.26 Å². The van der Waals surface area contributed by atoms with Crippen LogP contribution >= 0.6 is 11.3 Å². The number of carbonyl (C=O) groups excluding carboxylic acids is 1. The molecular formula is C20H19N3O3S2. The highest BCUT2D eigenvalue weighted by molar-refractivity contribution is 7.91. The molecule has 8 heteroatoms. The molecule has 1 aliphatic rings. The van der Waals surface area contributed by atoms with Crippen molar-refractivity contribution in [2.24, 2.45) is 5.73 Å². The highest BCUT2D eigenvalue weighted by Gasteiger charge is 2.27. The third kappa shape index (κ3) is 3.43. The van der Waals surface area contributed by atoms with E-state index < -0.39 is 15.7 Å². The van der Waals surface area contributed by atoms with Crippen molar-refractivity contribution < 1.29 is 13.2 Å². The number of hydrogen-bond donors (Lipinski definition) is 2. The van der Waals surface area contributed by atoms with Crippen molar-refractivity contribution in [2.45, 2.75) is 25.2 Å². The molecule has 4 rings (SSSR count). The lowest BCUT2D eigenvalue weighted by atomic mass is 9.91. The highest BCUT2D eigenvalue weighted by Crippen LogP contribution is 2.37. The molecule has 28 heavy (non-hydrogen) atoms. The number of sulfone groups is 1. The predicted molar refractivity (Wildman–Crippen MR) is 110 cm³/mol. The minimum Gasteiger partial charge on any atom is -0.366 e. The van der Waals surface area contributed by atoms with Crippen LogP contribution in [0.15, 0.2) is 29.8 Å². The van der Waals surface area contributed by atoms with Gasteiger partial charge in [0.2, 0.25) is 0 Å². The number of nitrogens with zero attached hydrogens (tertiary/aromatic N) is 1. The molecule has 0 saturated carbocycles. The van der Waals surface area contributed by atoms with Gasteiger partial charge in [0.15, 0.2) is 0 Å². The number of nitrogens with one attached hydrogen (secondary N) is 1. The van der Waals surface area contributed by atoms with Gasteiger partial charge in [-0.3, -0.25) is 4.79 Å². The van der Waals surface area contributed by atoms with Gasteiger partial charge < -0.3 is 10.7 Å². The van der Waals surface area contributed by atoms with Gasteiger partial charge >= 0.3 is 0 Å². The number of aromatic nitrogens is 1. The normalized spacial score (nSPS) is 16.8. The average Bonchev–Trinajstić information content (AvgIpc) is 3.28. The molecule has 0 unspecified atom stereocenters. The molecule has 3 heterocycles. The van der Waals surface area contributed by atoms with Gasteiger partial charge in [0.1, 0.15) is 9.84 Å². The summed E-state index contributed by atoms with van der Waals surface area (Å²) in [5.41, 5.74) is 9.56. The molecule has 0 spiro atoms. The summed E-state index contributed by atoms with van der Waals surface area (Å²) in [5, 5.41) is 11.8. The monoisotopic (exact) mass is 413 g/mol. The van der Waals surface area contributed by atoms with Crippen molar-refractivity contribution in [2.75, 3.05) is 11.5 Å². The summed E-state index contributed by atoms with van der Waals surface area (Å²) in [5.74, 6) is -0.00686. The summed E-state index contributed by atoms with van der Waals surface area (Å²) in [6.45, 7) is 0. The molecule has 3 N–H and O–H groups in total. The van der Waals surface area contributed by atoms with Gasteiger partial charge in [-0.2, -0.15) is 5.26 Å². The standard InChI is InChI=1S/C20H19N3O3S2/c21-4-1-15-7-14(11-27-15)13-8-16-18(12-2-5-28(25,26)6-3-12)10-23-19(16)17(9-13)20(22)24/h7-12,23H,1-3,5-6H2,(H2,22,24). The maximum Gasteiger partial charge on any atom is 0.250 e. The van der Waals surface area contributed by atoms with E-state index in [4.69, 9.17) is 11.0 Å². The molecule has 6 nitrogen and oxygen atoms in total. The largest absolute Gasteiger partial charge is 0.366 e. The summed E-state index contributed by atoms with van der Waals surface area (Å²) in [6.07, 6.45) is 3.38. The SMILES string of the molecule is N#CCc1cc(-c2cc(C(N)=O)c3[nH]cc(C4CCS(=O)(=O)CC4)c3c2)cs1. The summed E-state index contributed by atoms with van der Waals surface area (Å²) < 4.78 is 23.6. The number of aromatic amines is 1. The number of hydrogen-bond acceptors (Lipinski definition) is 5. The quantitative estimate of drug-likeness (QED) is 0.682. The van der Waals surface area contributed by atoms with E-state index in [0.717, 1.165) is 27.0 Å². The molecule has 0 radical (unpaired) electrons. The maximum absolute atomic E-state index is 12.1. The number of thiophene rings is 1. The molecule has 0 aliphatic carbocycles. The molecule has 1 aromatic carbocycles. The van der Waals surface area contributed by atoms with Gasteiger partial charge in [0.25, 0.3) is 5.91 Å². The number of amides is 1. The first kappa shape index (κ1) is 18.7. The molecule has 1 amide bonds. The topological polar surface area (TPSA) is 117 Å². The van der Waals surface area contributed by atoms with E-state index in [1.54, 1.807) is 6.07 Å². The molecule has 1 saturated heterocycles. The first-order valence-electron chi connectivity index (χ1n) is 8.98. The molecule has 1 fully saturated rings. The lowest BCUT2D eigenvalue weighted by Crippen LogP contribution is -2.22. The third-order valence-corrected chi connectivity index (χ3v) is 7.97. The van der Waals surface area contributed by atoms with E-state index in [9.17, 15) is 13.2 Å². The van der Waals surface area contributed by atoms with Gasteiger partial charge in [-0.25, -0.2) is 8.42 Å². The minimum absolute atomic E-state index is 0.130. The van der Waals surface area contributed by atoms with Crippen LogP contribution < -0.4 is 5.73 Å². The van der Waals surface area contributed by atoms with Gasteiger partial charge in [-0.05, 0) is 59.0 Å². The van der Waals surface area contributed by atoms with E-state index in [0.29, 0.717) is 30.3 Å². The molecule has 1 aliphatic heterocycles. The van der Waals surface area contributed by atoms with Gasteiger partial charge in [-0.15, -0.1) is 11.3 Å². The van der Waals surface area contributed by atoms with Gasteiger partial charge in [0.05, 0.1) is 35.1 Å². The first-order chi connectivity index (χ1) is 13.4. The van der Waals surface area contributed by atoms with Crippen LogP contribution in [0.5, 0.6) is 0 Å². The molecule has 2 aromatic heterocycles. The smallest absolute Gasteiger partial charge is 0.250 e. The Kier molecular flexibility index (Phi) is 4.73. The van der Waals surface area contributed by atoms with Crippen LogP contribution in [0, 0.1) is 11.3 Å². The van der Waals surface area contributed by atoms with Crippen molar-refractivity contribution in [3.8, 4) is 17.2 Å². The van der Waals surface area contributed by atoms with Crippen LogP contribution in [0.25, 0.3) is 22.0 Å². The fraction of sp³-hybridized carbons (Fsp3) is 0.300. The fourth-order valence-electron chi connectivity index (χ4n) is 3.86. The number of H-pyrrole nitrogens is 1. The number of nitriles is 1. The lowest BCUT2D eigenvalue weighted by molar-refractivity contribution is 0.100. The van der Waals surface area contributed by atoms with Crippen molar-refractivity contribution in [3.63, 3.8) is 0 Å². The first-order valence-corrected chi connectivity index (χ1v) is 11.7. The van der Waals surface area contributed by atoms with Crippen molar-refractivity contribution in [3.05, 3.63) is 45.8 Å². The summed E-state index contributed by atoms with van der Waals surface area (Å²) in [7, 11) is -2.94.